The molecule has 1 aromatic carbocycles. The van der Waals surface area contributed by atoms with Crippen molar-refractivity contribution in [2.45, 2.75) is 29.7 Å². The van der Waals surface area contributed by atoms with Crippen molar-refractivity contribution in [2.75, 3.05) is 17.7 Å². The van der Waals surface area contributed by atoms with Gasteiger partial charge in [-0.2, -0.15) is 0 Å². The fraction of sp³-hybridized carbons (Fsp3) is 0.429. The molecule has 20 heavy (non-hydrogen) atoms. The van der Waals surface area contributed by atoms with Crippen LogP contribution in [0, 0.1) is 0 Å². The number of thioether (sulfide) groups is 1. The molecule has 1 saturated heterocycles. The summed E-state index contributed by atoms with van der Waals surface area (Å²) in [5.41, 5.74) is 1.04. The Labute approximate surface area is 127 Å². The number of ether oxygens (including phenoxy) is 1. The highest BCUT2D eigenvalue weighted by atomic mass is 32.2. The summed E-state index contributed by atoms with van der Waals surface area (Å²) in [5, 5.41) is 12.5. The molecule has 6 heteroatoms. The Balaban J connectivity index is 1.51. The van der Waals surface area contributed by atoms with E-state index in [2.05, 4.69) is 15.5 Å². The van der Waals surface area contributed by atoms with E-state index in [1.54, 1.807) is 23.1 Å². The summed E-state index contributed by atoms with van der Waals surface area (Å²) in [5.74, 6) is 0.972. The van der Waals surface area contributed by atoms with Crippen molar-refractivity contribution in [3.05, 3.63) is 30.3 Å². The molecule has 3 rings (SSSR count). The van der Waals surface area contributed by atoms with Gasteiger partial charge in [0.15, 0.2) is 4.34 Å². The molecule has 1 aromatic heterocycles. The third-order valence-corrected chi connectivity index (χ3v) is 5.20. The molecule has 1 N–H and O–H groups in total. The smallest absolute Gasteiger partial charge is 0.210 e. The molecule has 106 valence electrons. The van der Waals surface area contributed by atoms with Crippen LogP contribution in [0.2, 0.25) is 0 Å². The van der Waals surface area contributed by atoms with E-state index in [4.69, 9.17) is 4.74 Å². The minimum atomic E-state index is 0.378. The molecular formula is C14H17N3OS2. The number of aromatic nitrogens is 2. The van der Waals surface area contributed by atoms with E-state index in [0.717, 1.165) is 27.5 Å². The van der Waals surface area contributed by atoms with Gasteiger partial charge in [-0.3, -0.25) is 0 Å². The van der Waals surface area contributed by atoms with Gasteiger partial charge in [0.25, 0.3) is 0 Å². The number of hydrogen-bond acceptors (Lipinski definition) is 6. The zero-order chi connectivity index (χ0) is 13.6. The fourth-order valence-corrected chi connectivity index (χ4v) is 3.93. The SMILES string of the molecule is c1ccc(Nc2nnc(SC[C@H]3CCCCO3)s2)cc1. The zero-order valence-electron chi connectivity index (χ0n) is 11.1. The van der Waals surface area contributed by atoms with Crippen LogP contribution in [0.25, 0.3) is 0 Å². The molecule has 0 radical (unpaired) electrons. The summed E-state index contributed by atoms with van der Waals surface area (Å²) < 4.78 is 6.72. The lowest BCUT2D eigenvalue weighted by Crippen LogP contribution is -2.21. The predicted octanol–water partition coefficient (Wildman–Crippen LogP) is 3.94. The predicted molar refractivity (Wildman–Crippen MR) is 83.9 cm³/mol. The van der Waals surface area contributed by atoms with Gasteiger partial charge in [0.2, 0.25) is 5.13 Å². The molecule has 1 aliphatic heterocycles. The summed E-state index contributed by atoms with van der Waals surface area (Å²) in [6.07, 6.45) is 4.02. The summed E-state index contributed by atoms with van der Waals surface area (Å²) >= 11 is 3.33. The zero-order valence-corrected chi connectivity index (χ0v) is 12.8. The first-order valence-corrected chi connectivity index (χ1v) is 8.60. The second-order valence-electron chi connectivity index (χ2n) is 4.66. The molecule has 0 bridgehead atoms. The van der Waals surface area contributed by atoms with E-state index in [9.17, 15) is 0 Å². The van der Waals surface area contributed by atoms with Gasteiger partial charge < -0.3 is 10.1 Å². The standard InChI is InChI=1S/C14H17N3OS2/c1-2-6-11(7-3-1)15-13-16-17-14(20-13)19-10-12-8-4-5-9-18-12/h1-3,6-7,12H,4-5,8-10H2,(H,15,16)/t12-/m1/s1. The quantitative estimate of drug-likeness (QED) is 0.848. The minimum Gasteiger partial charge on any atom is -0.377 e. The maximum absolute atomic E-state index is 5.72. The van der Waals surface area contributed by atoms with E-state index in [1.807, 2.05) is 30.3 Å². The number of nitrogens with zero attached hydrogens (tertiary/aromatic N) is 2. The van der Waals surface area contributed by atoms with Crippen molar-refractivity contribution in [3.8, 4) is 0 Å². The van der Waals surface area contributed by atoms with E-state index < -0.39 is 0 Å². The molecule has 1 atom stereocenters. The van der Waals surface area contributed by atoms with Crippen molar-refractivity contribution < 1.29 is 4.74 Å². The topological polar surface area (TPSA) is 47.0 Å². The molecule has 0 amide bonds. The lowest BCUT2D eigenvalue weighted by Gasteiger charge is -2.21. The number of anilines is 2. The molecular weight excluding hydrogens is 290 g/mol. The van der Waals surface area contributed by atoms with Gasteiger partial charge in [-0.25, -0.2) is 0 Å². The van der Waals surface area contributed by atoms with Crippen molar-refractivity contribution in [1.82, 2.24) is 10.2 Å². The van der Waals surface area contributed by atoms with Gasteiger partial charge in [0.1, 0.15) is 0 Å². The number of nitrogens with one attached hydrogen (secondary N) is 1. The highest BCUT2D eigenvalue weighted by molar-refractivity contribution is 8.01. The molecule has 0 spiro atoms. The molecule has 1 fully saturated rings. The van der Waals surface area contributed by atoms with Crippen LogP contribution in [-0.4, -0.2) is 28.7 Å². The number of para-hydroxylation sites is 1. The fourth-order valence-electron chi connectivity index (χ4n) is 2.07. The summed E-state index contributed by atoms with van der Waals surface area (Å²) in [6, 6.07) is 10.0. The number of rotatable bonds is 5. The maximum atomic E-state index is 5.72. The largest absolute Gasteiger partial charge is 0.377 e. The first-order chi connectivity index (χ1) is 9.90. The monoisotopic (exact) mass is 307 g/mol. The van der Waals surface area contributed by atoms with Crippen LogP contribution in [0.3, 0.4) is 0 Å². The average molecular weight is 307 g/mol. The van der Waals surface area contributed by atoms with Crippen molar-refractivity contribution >= 4 is 33.9 Å². The van der Waals surface area contributed by atoms with Crippen molar-refractivity contribution in [3.63, 3.8) is 0 Å². The molecule has 0 aliphatic carbocycles. The molecule has 0 saturated carbocycles. The van der Waals surface area contributed by atoms with Gasteiger partial charge >= 0.3 is 0 Å². The van der Waals surface area contributed by atoms with E-state index in [-0.39, 0.29) is 0 Å². The lowest BCUT2D eigenvalue weighted by atomic mass is 10.1. The highest BCUT2D eigenvalue weighted by Crippen LogP contribution is 2.29. The Morgan fingerprint density at radius 3 is 2.95 bits per heavy atom. The molecule has 4 nitrogen and oxygen atoms in total. The highest BCUT2D eigenvalue weighted by Gasteiger charge is 2.15. The van der Waals surface area contributed by atoms with Crippen LogP contribution in [-0.2, 0) is 4.74 Å². The summed E-state index contributed by atoms with van der Waals surface area (Å²) in [7, 11) is 0. The second kappa shape index (κ2) is 7.06. The Morgan fingerprint density at radius 2 is 2.15 bits per heavy atom. The Morgan fingerprint density at radius 1 is 1.25 bits per heavy atom. The van der Waals surface area contributed by atoms with Gasteiger partial charge in [-0.1, -0.05) is 41.3 Å². The summed E-state index contributed by atoms with van der Waals surface area (Å²) in [6.45, 7) is 0.905. The maximum Gasteiger partial charge on any atom is 0.210 e. The number of hydrogen-bond donors (Lipinski definition) is 1. The van der Waals surface area contributed by atoms with E-state index >= 15 is 0 Å². The van der Waals surface area contributed by atoms with E-state index in [1.165, 1.54) is 19.3 Å². The Kier molecular flexibility index (Phi) is 4.89. The third-order valence-electron chi connectivity index (χ3n) is 3.10. The molecule has 2 heterocycles. The second-order valence-corrected chi connectivity index (χ2v) is 6.91. The van der Waals surface area contributed by atoms with Crippen LogP contribution >= 0.6 is 23.1 Å². The molecule has 0 unspecified atom stereocenters. The normalized spacial score (nSPS) is 18.9. The minimum absolute atomic E-state index is 0.378. The first-order valence-electron chi connectivity index (χ1n) is 6.80. The van der Waals surface area contributed by atoms with Crippen molar-refractivity contribution in [1.29, 1.82) is 0 Å². The van der Waals surface area contributed by atoms with Crippen LogP contribution in [0.15, 0.2) is 34.7 Å². The Hall–Kier alpha value is -1.11. The van der Waals surface area contributed by atoms with Crippen LogP contribution in [0.1, 0.15) is 19.3 Å². The third kappa shape index (κ3) is 3.94. The molecule has 1 aliphatic rings. The van der Waals surface area contributed by atoms with E-state index in [0.29, 0.717) is 6.10 Å². The van der Waals surface area contributed by atoms with Gasteiger partial charge in [-0.05, 0) is 31.4 Å². The molecule has 2 aromatic rings. The summed E-state index contributed by atoms with van der Waals surface area (Å²) in [4.78, 5) is 0. The average Bonchev–Trinajstić information content (AvgIpc) is 2.95. The number of benzene rings is 1. The van der Waals surface area contributed by atoms with Crippen LogP contribution in [0.5, 0.6) is 0 Å². The lowest BCUT2D eigenvalue weighted by molar-refractivity contribution is 0.0315. The van der Waals surface area contributed by atoms with Gasteiger partial charge in [-0.15, -0.1) is 10.2 Å². The van der Waals surface area contributed by atoms with Gasteiger partial charge in [0, 0.05) is 18.0 Å². The van der Waals surface area contributed by atoms with Crippen molar-refractivity contribution in [2.24, 2.45) is 0 Å². The van der Waals surface area contributed by atoms with Crippen LogP contribution < -0.4 is 5.32 Å². The van der Waals surface area contributed by atoms with Crippen LogP contribution in [0.4, 0.5) is 10.8 Å². The van der Waals surface area contributed by atoms with Gasteiger partial charge in [0.05, 0.1) is 6.10 Å². The Bertz CT molecular complexity index is 526. The first kappa shape index (κ1) is 13.9.